The molecule has 0 saturated carbocycles. The van der Waals surface area contributed by atoms with Crippen LogP contribution in [0.5, 0.6) is 0 Å². The molecule has 3 heteroatoms. The van der Waals surface area contributed by atoms with Gasteiger partial charge in [-0.3, -0.25) is 5.01 Å². The third-order valence-corrected chi connectivity index (χ3v) is 0.805. The molecule has 1 N–H and O–H groups in total. The lowest BCUT2D eigenvalue weighted by atomic mass is 10.6. The smallest absolute Gasteiger partial charge is 0.131 e. The van der Waals surface area contributed by atoms with Crippen molar-refractivity contribution < 1.29 is 4.84 Å². The summed E-state index contributed by atoms with van der Waals surface area (Å²) in [5.41, 5.74) is 2.61. The van der Waals surface area contributed by atoms with E-state index in [1.54, 1.807) is 23.5 Å². The van der Waals surface area contributed by atoms with E-state index in [9.17, 15) is 0 Å². The van der Waals surface area contributed by atoms with Gasteiger partial charge in [0.1, 0.15) is 6.26 Å². The van der Waals surface area contributed by atoms with Gasteiger partial charge >= 0.3 is 0 Å². The van der Waals surface area contributed by atoms with Gasteiger partial charge in [0.15, 0.2) is 0 Å². The molecule has 0 unspecified atom stereocenters. The van der Waals surface area contributed by atoms with Crippen molar-refractivity contribution >= 4 is 0 Å². The first-order valence-electron chi connectivity index (χ1n) is 2.39. The van der Waals surface area contributed by atoms with Crippen molar-refractivity contribution in [2.75, 3.05) is 6.54 Å². The molecule has 0 atom stereocenters. The first-order valence-corrected chi connectivity index (χ1v) is 2.39. The van der Waals surface area contributed by atoms with Crippen molar-refractivity contribution in [1.29, 1.82) is 0 Å². The minimum absolute atomic E-state index is 0.760. The molecule has 0 fully saturated rings. The zero-order valence-corrected chi connectivity index (χ0v) is 4.50. The molecular formula is C5H8N2O. The lowest BCUT2D eigenvalue weighted by molar-refractivity contribution is 0.0432. The first-order chi connectivity index (χ1) is 3.93. The fourth-order valence-corrected chi connectivity index (χ4v) is 0.470. The van der Waals surface area contributed by atoms with Crippen LogP contribution in [0.15, 0.2) is 25.1 Å². The molecule has 0 aromatic rings. The maximum Gasteiger partial charge on any atom is 0.131 e. The van der Waals surface area contributed by atoms with E-state index in [0.29, 0.717) is 0 Å². The molecule has 1 aliphatic heterocycles. The summed E-state index contributed by atoms with van der Waals surface area (Å²) in [4.78, 5) is 4.66. The van der Waals surface area contributed by atoms with E-state index in [1.807, 2.05) is 0 Å². The number of hydrogen-bond acceptors (Lipinski definition) is 3. The number of nitrogens with zero attached hydrogens (tertiary/aromatic N) is 1. The first kappa shape index (κ1) is 5.18. The molecule has 0 aromatic carbocycles. The summed E-state index contributed by atoms with van der Waals surface area (Å²) in [5.74, 6) is 0. The monoisotopic (exact) mass is 112 g/mol. The Bertz CT molecular complexity index is 111. The lowest BCUT2D eigenvalue weighted by Crippen LogP contribution is -2.27. The molecule has 1 heterocycles. The molecule has 1 rings (SSSR count). The fraction of sp³-hybridized carbons (Fsp3) is 0.200. The quantitative estimate of drug-likeness (QED) is 0.523. The maximum atomic E-state index is 4.66. The molecule has 0 aromatic heterocycles. The predicted octanol–water partition coefficient (Wildman–Crippen LogP) is 0.395. The fourth-order valence-electron chi connectivity index (χ4n) is 0.470. The predicted molar refractivity (Wildman–Crippen MR) is 30.3 cm³/mol. The van der Waals surface area contributed by atoms with E-state index in [2.05, 4.69) is 17.0 Å². The SMILES string of the molecule is C=CCN1C=CON1. The molecule has 0 bridgehead atoms. The van der Waals surface area contributed by atoms with Gasteiger partial charge in [-0.1, -0.05) is 11.7 Å². The average molecular weight is 112 g/mol. The molecule has 0 saturated heterocycles. The van der Waals surface area contributed by atoms with Crippen LogP contribution in [-0.2, 0) is 4.84 Å². The van der Waals surface area contributed by atoms with Gasteiger partial charge in [-0.15, -0.1) is 6.58 Å². The van der Waals surface area contributed by atoms with Crippen molar-refractivity contribution in [2.24, 2.45) is 0 Å². The van der Waals surface area contributed by atoms with E-state index in [4.69, 9.17) is 0 Å². The van der Waals surface area contributed by atoms with E-state index < -0.39 is 0 Å². The van der Waals surface area contributed by atoms with Crippen molar-refractivity contribution in [3.63, 3.8) is 0 Å². The highest BCUT2D eigenvalue weighted by molar-refractivity contribution is 4.81. The second kappa shape index (κ2) is 2.37. The molecule has 3 nitrogen and oxygen atoms in total. The molecule has 0 spiro atoms. The van der Waals surface area contributed by atoms with Gasteiger partial charge in [-0.05, 0) is 0 Å². The Labute approximate surface area is 48.2 Å². The summed E-state index contributed by atoms with van der Waals surface area (Å²) in [6.45, 7) is 4.31. The van der Waals surface area contributed by atoms with Crippen molar-refractivity contribution in [3.05, 3.63) is 25.1 Å². The second-order valence-electron chi connectivity index (χ2n) is 1.44. The van der Waals surface area contributed by atoms with Gasteiger partial charge in [0.2, 0.25) is 0 Å². The number of nitrogens with one attached hydrogen (secondary N) is 1. The van der Waals surface area contributed by atoms with Crippen LogP contribution in [0.4, 0.5) is 0 Å². The molecule has 0 amide bonds. The van der Waals surface area contributed by atoms with Crippen LogP contribution in [0.2, 0.25) is 0 Å². The van der Waals surface area contributed by atoms with Crippen molar-refractivity contribution in [1.82, 2.24) is 10.6 Å². The van der Waals surface area contributed by atoms with Gasteiger partial charge in [0, 0.05) is 0 Å². The van der Waals surface area contributed by atoms with Gasteiger partial charge in [-0.2, -0.15) is 0 Å². The third-order valence-electron chi connectivity index (χ3n) is 0.805. The third kappa shape index (κ3) is 1.01. The number of rotatable bonds is 2. The summed E-state index contributed by atoms with van der Waals surface area (Å²) < 4.78 is 0. The Kier molecular flexibility index (Phi) is 1.54. The van der Waals surface area contributed by atoms with Crippen molar-refractivity contribution in [2.45, 2.75) is 0 Å². The van der Waals surface area contributed by atoms with Gasteiger partial charge in [0.05, 0.1) is 12.7 Å². The Hall–Kier alpha value is -0.960. The summed E-state index contributed by atoms with van der Waals surface area (Å²) in [5, 5.41) is 1.77. The minimum atomic E-state index is 0.760. The van der Waals surface area contributed by atoms with Crippen LogP contribution >= 0.6 is 0 Å². The van der Waals surface area contributed by atoms with E-state index in [-0.39, 0.29) is 0 Å². The largest absolute Gasteiger partial charge is 0.395 e. The van der Waals surface area contributed by atoms with E-state index in [1.165, 1.54) is 0 Å². The number of hydrazine groups is 1. The molecule has 0 aliphatic carbocycles. The standard InChI is InChI=1S/C5H8N2O/c1-2-3-7-4-5-8-6-7/h2,4-6H,1,3H2. The van der Waals surface area contributed by atoms with E-state index >= 15 is 0 Å². The summed E-state index contributed by atoms with van der Waals surface area (Å²) in [6, 6.07) is 0. The zero-order chi connectivity index (χ0) is 5.82. The molecule has 8 heavy (non-hydrogen) atoms. The highest BCUT2D eigenvalue weighted by atomic mass is 16.7. The molecule has 0 radical (unpaired) electrons. The van der Waals surface area contributed by atoms with Gasteiger partial charge in [-0.25, -0.2) is 0 Å². The highest BCUT2D eigenvalue weighted by Gasteiger charge is 1.98. The molecule has 1 aliphatic rings. The summed E-state index contributed by atoms with van der Waals surface area (Å²) in [6.07, 6.45) is 5.15. The van der Waals surface area contributed by atoms with Gasteiger partial charge in [0.25, 0.3) is 0 Å². The Morgan fingerprint density at radius 3 is 3.25 bits per heavy atom. The van der Waals surface area contributed by atoms with Crippen LogP contribution in [0.1, 0.15) is 0 Å². The van der Waals surface area contributed by atoms with Gasteiger partial charge < -0.3 is 4.84 Å². The van der Waals surface area contributed by atoms with Crippen LogP contribution in [-0.4, -0.2) is 11.6 Å². The summed E-state index contributed by atoms with van der Waals surface area (Å²) >= 11 is 0. The van der Waals surface area contributed by atoms with Crippen LogP contribution in [0.3, 0.4) is 0 Å². The molecule has 44 valence electrons. The van der Waals surface area contributed by atoms with E-state index in [0.717, 1.165) is 6.54 Å². The Morgan fingerprint density at radius 2 is 2.75 bits per heavy atom. The molecular weight excluding hydrogens is 104 g/mol. The van der Waals surface area contributed by atoms with Crippen LogP contribution < -0.4 is 5.59 Å². The average Bonchev–Trinajstić information content (AvgIpc) is 2.19. The minimum Gasteiger partial charge on any atom is -0.395 e. The Morgan fingerprint density at radius 1 is 1.88 bits per heavy atom. The van der Waals surface area contributed by atoms with Crippen molar-refractivity contribution in [3.8, 4) is 0 Å². The second-order valence-corrected chi connectivity index (χ2v) is 1.44. The summed E-state index contributed by atoms with van der Waals surface area (Å²) in [7, 11) is 0. The Balaban J connectivity index is 2.25. The highest BCUT2D eigenvalue weighted by Crippen LogP contribution is 1.91. The zero-order valence-electron chi connectivity index (χ0n) is 4.50. The normalized spacial score (nSPS) is 16.2. The maximum absolute atomic E-state index is 4.66. The van der Waals surface area contributed by atoms with Crippen LogP contribution in [0, 0.1) is 0 Å². The number of hydrogen-bond donors (Lipinski definition) is 1. The lowest BCUT2D eigenvalue weighted by Gasteiger charge is -2.08. The van der Waals surface area contributed by atoms with Crippen LogP contribution in [0.25, 0.3) is 0 Å². The topological polar surface area (TPSA) is 24.5 Å².